The van der Waals surface area contributed by atoms with E-state index in [0.29, 0.717) is 18.4 Å². The lowest BCUT2D eigenvalue weighted by molar-refractivity contribution is 0.326. The molecular weight excluding hydrogens is 294 g/mol. The van der Waals surface area contributed by atoms with Crippen molar-refractivity contribution in [2.24, 2.45) is 5.92 Å². The first-order valence-electron chi connectivity index (χ1n) is 8.85. The SMILES string of the molecule is C[C@H](Nc1nc(=O)n(C2CCCNC2)c(=O)[nH]1)C1CCCCC1. The van der Waals surface area contributed by atoms with Gasteiger partial charge in [0.1, 0.15) is 0 Å². The van der Waals surface area contributed by atoms with E-state index in [1.165, 1.54) is 36.7 Å². The van der Waals surface area contributed by atoms with Crippen molar-refractivity contribution in [1.29, 1.82) is 0 Å². The lowest BCUT2D eigenvalue weighted by Crippen LogP contribution is -2.45. The minimum absolute atomic E-state index is 0.0997. The molecule has 1 aliphatic heterocycles. The smallest absolute Gasteiger partial charge is 0.353 e. The summed E-state index contributed by atoms with van der Waals surface area (Å²) in [6.07, 6.45) is 8.03. The second-order valence-corrected chi connectivity index (χ2v) is 6.87. The highest BCUT2D eigenvalue weighted by Gasteiger charge is 2.22. The van der Waals surface area contributed by atoms with E-state index in [0.717, 1.165) is 19.4 Å². The van der Waals surface area contributed by atoms with Gasteiger partial charge in [-0.05, 0) is 45.1 Å². The molecule has 7 nitrogen and oxygen atoms in total. The van der Waals surface area contributed by atoms with Gasteiger partial charge in [0.05, 0.1) is 6.04 Å². The average Bonchev–Trinajstić information content (AvgIpc) is 2.56. The van der Waals surface area contributed by atoms with Gasteiger partial charge in [-0.3, -0.25) is 4.98 Å². The van der Waals surface area contributed by atoms with Gasteiger partial charge in [0.2, 0.25) is 5.95 Å². The number of hydrogen-bond acceptors (Lipinski definition) is 5. The van der Waals surface area contributed by atoms with Gasteiger partial charge in [-0.15, -0.1) is 0 Å². The first-order chi connectivity index (χ1) is 11.1. The Morgan fingerprint density at radius 3 is 2.61 bits per heavy atom. The molecule has 0 spiro atoms. The highest BCUT2D eigenvalue weighted by molar-refractivity contribution is 5.23. The molecule has 2 fully saturated rings. The van der Waals surface area contributed by atoms with Crippen LogP contribution in [-0.2, 0) is 0 Å². The largest absolute Gasteiger partial charge is 0.355 e. The van der Waals surface area contributed by atoms with Crippen LogP contribution in [0.2, 0.25) is 0 Å². The van der Waals surface area contributed by atoms with Crippen LogP contribution in [0.3, 0.4) is 0 Å². The number of rotatable bonds is 4. The highest BCUT2D eigenvalue weighted by atomic mass is 16.2. The third-order valence-corrected chi connectivity index (χ3v) is 5.22. The van der Waals surface area contributed by atoms with Gasteiger partial charge in [-0.1, -0.05) is 19.3 Å². The molecule has 0 bridgehead atoms. The number of H-pyrrole nitrogens is 1. The molecule has 3 rings (SSSR count). The van der Waals surface area contributed by atoms with Crippen molar-refractivity contribution in [2.75, 3.05) is 18.4 Å². The van der Waals surface area contributed by atoms with Crippen LogP contribution in [0.15, 0.2) is 9.59 Å². The second-order valence-electron chi connectivity index (χ2n) is 6.87. The molecule has 128 valence electrons. The summed E-state index contributed by atoms with van der Waals surface area (Å²) in [4.78, 5) is 31.4. The fraction of sp³-hybridized carbons (Fsp3) is 0.812. The molecule has 0 radical (unpaired) electrons. The molecule has 1 aliphatic carbocycles. The molecule has 1 aromatic heterocycles. The minimum atomic E-state index is -0.458. The van der Waals surface area contributed by atoms with E-state index in [1.54, 1.807) is 0 Å². The maximum absolute atomic E-state index is 12.3. The van der Waals surface area contributed by atoms with E-state index in [-0.39, 0.29) is 17.8 Å². The molecule has 23 heavy (non-hydrogen) atoms. The number of aromatic amines is 1. The summed E-state index contributed by atoms with van der Waals surface area (Å²) in [6, 6.07) is 0.113. The Balaban J connectivity index is 1.74. The highest BCUT2D eigenvalue weighted by Crippen LogP contribution is 2.27. The average molecular weight is 321 g/mol. The van der Waals surface area contributed by atoms with Crippen LogP contribution in [0.4, 0.5) is 5.95 Å². The zero-order valence-corrected chi connectivity index (χ0v) is 13.8. The standard InChI is InChI=1S/C16H27N5O2/c1-11(12-6-3-2-4-7-12)18-14-19-15(22)21(16(23)20-14)13-8-5-9-17-10-13/h11-13,17H,2-10H2,1H3,(H2,18,19,20,22,23)/t11-,13?/m0/s1. The van der Waals surface area contributed by atoms with Crippen molar-refractivity contribution in [3.8, 4) is 0 Å². The van der Waals surface area contributed by atoms with Gasteiger partial charge in [-0.25, -0.2) is 14.2 Å². The van der Waals surface area contributed by atoms with Crippen molar-refractivity contribution in [2.45, 2.75) is 64.0 Å². The molecule has 7 heteroatoms. The number of aromatic nitrogens is 3. The predicted octanol–water partition coefficient (Wildman–Crippen LogP) is 1.24. The third kappa shape index (κ3) is 3.83. The zero-order valence-electron chi connectivity index (χ0n) is 13.8. The summed E-state index contributed by atoms with van der Waals surface area (Å²) in [6.45, 7) is 3.69. The van der Waals surface area contributed by atoms with E-state index in [9.17, 15) is 9.59 Å². The second kappa shape index (κ2) is 7.29. The third-order valence-electron chi connectivity index (χ3n) is 5.22. The quantitative estimate of drug-likeness (QED) is 0.776. The summed E-state index contributed by atoms with van der Waals surface area (Å²) in [5.74, 6) is 0.886. The molecule has 3 N–H and O–H groups in total. The molecule has 1 unspecified atom stereocenters. The normalized spacial score (nSPS) is 24.3. The lowest BCUT2D eigenvalue weighted by Gasteiger charge is -2.28. The van der Waals surface area contributed by atoms with Gasteiger partial charge < -0.3 is 10.6 Å². The van der Waals surface area contributed by atoms with Crippen molar-refractivity contribution in [3.05, 3.63) is 21.0 Å². The van der Waals surface area contributed by atoms with Crippen molar-refractivity contribution < 1.29 is 0 Å². The van der Waals surface area contributed by atoms with Crippen LogP contribution in [0.1, 0.15) is 57.9 Å². The summed E-state index contributed by atoms with van der Waals surface area (Å²) in [5, 5.41) is 6.45. The monoisotopic (exact) mass is 321 g/mol. The Bertz CT molecular complexity index is 595. The van der Waals surface area contributed by atoms with E-state index in [2.05, 4.69) is 27.5 Å². The van der Waals surface area contributed by atoms with Gasteiger partial charge in [-0.2, -0.15) is 4.98 Å². The summed E-state index contributed by atoms with van der Waals surface area (Å²) in [5.41, 5.74) is -0.821. The maximum Gasteiger partial charge on any atom is 0.355 e. The van der Waals surface area contributed by atoms with E-state index >= 15 is 0 Å². The van der Waals surface area contributed by atoms with E-state index in [1.807, 2.05) is 0 Å². The van der Waals surface area contributed by atoms with E-state index < -0.39 is 5.69 Å². The van der Waals surface area contributed by atoms with Gasteiger partial charge in [0.25, 0.3) is 0 Å². The lowest BCUT2D eigenvalue weighted by atomic mass is 9.85. The molecular formula is C16H27N5O2. The topological polar surface area (TPSA) is 91.8 Å². The molecule has 1 saturated heterocycles. The Labute approximate surface area is 135 Å². The Morgan fingerprint density at radius 2 is 1.96 bits per heavy atom. The number of piperidine rings is 1. The minimum Gasteiger partial charge on any atom is -0.353 e. The molecule has 2 atom stereocenters. The van der Waals surface area contributed by atoms with Crippen molar-refractivity contribution in [3.63, 3.8) is 0 Å². The number of anilines is 1. The number of nitrogens with zero attached hydrogens (tertiary/aromatic N) is 2. The van der Waals surface area contributed by atoms with E-state index in [4.69, 9.17) is 0 Å². The van der Waals surface area contributed by atoms with Gasteiger partial charge in [0, 0.05) is 12.6 Å². The number of hydrogen-bond donors (Lipinski definition) is 3. The van der Waals surface area contributed by atoms with Crippen LogP contribution in [0.25, 0.3) is 0 Å². The van der Waals surface area contributed by atoms with Crippen molar-refractivity contribution >= 4 is 5.95 Å². The molecule has 2 aliphatic rings. The summed E-state index contributed by atoms with van der Waals surface area (Å²) < 4.78 is 1.25. The Hall–Kier alpha value is -1.63. The maximum atomic E-state index is 12.3. The molecule has 1 aromatic rings. The predicted molar refractivity (Wildman–Crippen MR) is 89.9 cm³/mol. The fourth-order valence-electron chi connectivity index (χ4n) is 3.84. The molecule has 1 saturated carbocycles. The van der Waals surface area contributed by atoms with Crippen LogP contribution in [0, 0.1) is 5.92 Å². The number of nitrogens with one attached hydrogen (secondary N) is 3. The summed E-state index contributed by atoms with van der Waals surface area (Å²) >= 11 is 0. The zero-order chi connectivity index (χ0) is 16.2. The molecule has 0 amide bonds. The first kappa shape index (κ1) is 16.2. The van der Waals surface area contributed by atoms with Gasteiger partial charge in [0.15, 0.2) is 0 Å². The fourth-order valence-corrected chi connectivity index (χ4v) is 3.84. The molecule has 0 aromatic carbocycles. The Kier molecular flexibility index (Phi) is 5.15. The molecule has 2 heterocycles. The van der Waals surface area contributed by atoms with Crippen LogP contribution >= 0.6 is 0 Å². The first-order valence-corrected chi connectivity index (χ1v) is 8.85. The van der Waals surface area contributed by atoms with Crippen LogP contribution in [0.5, 0.6) is 0 Å². The Morgan fingerprint density at radius 1 is 1.17 bits per heavy atom. The summed E-state index contributed by atoms with van der Waals surface area (Å²) in [7, 11) is 0. The van der Waals surface area contributed by atoms with Crippen molar-refractivity contribution in [1.82, 2.24) is 19.9 Å². The van der Waals surface area contributed by atoms with Crippen LogP contribution < -0.4 is 22.0 Å². The van der Waals surface area contributed by atoms with Crippen LogP contribution in [-0.4, -0.2) is 33.7 Å². The van der Waals surface area contributed by atoms with Gasteiger partial charge >= 0.3 is 11.4 Å².